The van der Waals surface area contributed by atoms with Crippen LogP contribution in [0.25, 0.3) is 111 Å². The van der Waals surface area contributed by atoms with E-state index in [4.69, 9.17) is 9.97 Å². The van der Waals surface area contributed by atoms with Gasteiger partial charge in [0.2, 0.25) is 0 Å². The van der Waals surface area contributed by atoms with Crippen molar-refractivity contribution in [2.75, 3.05) is 0 Å². The summed E-state index contributed by atoms with van der Waals surface area (Å²) in [4.78, 5) is 31.8. The Labute approximate surface area is 320 Å². The minimum Gasteiger partial charge on any atom is -0.327 e. The van der Waals surface area contributed by atoms with Crippen molar-refractivity contribution >= 4 is 54.1 Å². The minimum absolute atomic E-state index is 0.604. The SMILES string of the molecule is Cn1c(-c2ccc3c(ccc4cc(-c5ccccc5)ccc43)c2)nc2ccc(-c3ncnc(-c4ccc5ccc6cc(-c7ncncn7)ccc6c5c4)n3)cc21. The van der Waals surface area contributed by atoms with Crippen LogP contribution >= 0.6 is 0 Å². The fourth-order valence-corrected chi connectivity index (χ4v) is 7.91. The van der Waals surface area contributed by atoms with Gasteiger partial charge in [-0.05, 0) is 96.7 Å². The van der Waals surface area contributed by atoms with E-state index < -0.39 is 0 Å². The van der Waals surface area contributed by atoms with E-state index in [0.29, 0.717) is 17.5 Å². The van der Waals surface area contributed by atoms with Gasteiger partial charge >= 0.3 is 0 Å². The van der Waals surface area contributed by atoms with Crippen LogP contribution in [0.5, 0.6) is 0 Å². The monoisotopic (exact) mass is 718 g/mol. The molecule has 0 N–H and O–H groups in total. The van der Waals surface area contributed by atoms with Crippen molar-refractivity contribution in [3.05, 3.63) is 165 Å². The quantitative estimate of drug-likeness (QED) is 0.163. The van der Waals surface area contributed by atoms with Gasteiger partial charge in [-0.1, -0.05) is 103 Å². The summed E-state index contributed by atoms with van der Waals surface area (Å²) in [5, 5.41) is 9.35. The van der Waals surface area contributed by atoms with Crippen molar-refractivity contribution < 1.29 is 0 Å². The molecule has 0 radical (unpaired) electrons. The summed E-state index contributed by atoms with van der Waals surface area (Å²) in [6, 6.07) is 51.4. The molecule has 0 atom stereocenters. The van der Waals surface area contributed by atoms with Crippen molar-refractivity contribution in [1.29, 1.82) is 0 Å². The van der Waals surface area contributed by atoms with E-state index in [1.807, 2.05) is 18.2 Å². The zero-order valence-electron chi connectivity index (χ0n) is 30.2. The number of aromatic nitrogens is 8. The molecule has 0 spiro atoms. The van der Waals surface area contributed by atoms with Gasteiger partial charge in [-0.3, -0.25) is 0 Å². The molecule has 11 aromatic rings. The van der Waals surface area contributed by atoms with Crippen molar-refractivity contribution in [3.8, 4) is 56.7 Å². The number of fused-ring (bicyclic) bond motifs is 7. The third-order valence-corrected chi connectivity index (χ3v) is 10.8. The molecule has 3 aromatic heterocycles. The number of hydrogen-bond donors (Lipinski definition) is 0. The van der Waals surface area contributed by atoms with Gasteiger partial charge in [-0.2, -0.15) is 0 Å². The zero-order valence-corrected chi connectivity index (χ0v) is 30.2. The third kappa shape index (κ3) is 5.34. The van der Waals surface area contributed by atoms with Gasteiger partial charge in [0.1, 0.15) is 24.8 Å². The minimum atomic E-state index is 0.604. The summed E-state index contributed by atoms with van der Waals surface area (Å²) in [6.07, 6.45) is 4.62. The lowest BCUT2D eigenvalue weighted by Gasteiger charge is -2.09. The van der Waals surface area contributed by atoms with Crippen LogP contribution in [0.4, 0.5) is 0 Å². The summed E-state index contributed by atoms with van der Waals surface area (Å²) in [5.41, 5.74) is 8.17. The molecule has 0 aliphatic heterocycles. The van der Waals surface area contributed by atoms with Crippen molar-refractivity contribution in [3.63, 3.8) is 0 Å². The van der Waals surface area contributed by atoms with Gasteiger partial charge in [0.15, 0.2) is 17.5 Å². The largest absolute Gasteiger partial charge is 0.327 e. The fraction of sp³-hybridized carbons (Fsp3) is 0.0208. The Morgan fingerprint density at radius 2 is 0.911 bits per heavy atom. The Morgan fingerprint density at radius 3 is 1.66 bits per heavy atom. The van der Waals surface area contributed by atoms with E-state index in [2.05, 4.69) is 164 Å². The van der Waals surface area contributed by atoms with Crippen molar-refractivity contribution in [1.82, 2.24) is 39.5 Å². The van der Waals surface area contributed by atoms with Gasteiger partial charge in [0, 0.05) is 29.3 Å². The topological polar surface area (TPSA) is 95.2 Å². The predicted octanol–water partition coefficient (Wildman–Crippen LogP) is 10.9. The predicted molar refractivity (Wildman–Crippen MR) is 225 cm³/mol. The van der Waals surface area contributed by atoms with Gasteiger partial charge < -0.3 is 4.57 Å². The second-order valence-electron chi connectivity index (χ2n) is 14.0. The van der Waals surface area contributed by atoms with Crippen LogP contribution < -0.4 is 0 Å². The van der Waals surface area contributed by atoms with E-state index in [9.17, 15) is 0 Å². The first-order chi connectivity index (χ1) is 27.6. The van der Waals surface area contributed by atoms with E-state index >= 15 is 0 Å². The lowest BCUT2D eigenvalue weighted by molar-refractivity contribution is 0.959. The number of hydrogen-bond acceptors (Lipinski definition) is 7. The highest BCUT2D eigenvalue weighted by Crippen LogP contribution is 2.35. The number of nitrogens with zero attached hydrogens (tertiary/aromatic N) is 8. The molecule has 8 nitrogen and oxygen atoms in total. The second-order valence-corrected chi connectivity index (χ2v) is 14.0. The molecule has 8 aromatic carbocycles. The Morgan fingerprint density at radius 1 is 0.375 bits per heavy atom. The van der Waals surface area contributed by atoms with Gasteiger partial charge in [0.05, 0.1) is 11.0 Å². The molecule has 11 rings (SSSR count). The van der Waals surface area contributed by atoms with Crippen molar-refractivity contribution in [2.24, 2.45) is 7.05 Å². The van der Waals surface area contributed by atoms with Crippen LogP contribution in [-0.2, 0) is 7.05 Å². The van der Waals surface area contributed by atoms with Crippen LogP contribution in [0.2, 0.25) is 0 Å². The maximum absolute atomic E-state index is 5.07. The summed E-state index contributed by atoms with van der Waals surface area (Å²) in [6.45, 7) is 0. The Balaban J connectivity index is 0.920. The van der Waals surface area contributed by atoms with Crippen LogP contribution in [0.1, 0.15) is 0 Å². The molecule has 0 unspecified atom stereocenters. The number of aryl methyl sites for hydroxylation is 1. The lowest BCUT2D eigenvalue weighted by Crippen LogP contribution is -1.96. The molecule has 3 heterocycles. The van der Waals surface area contributed by atoms with E-state index in [1.54, 1.807) is 6.33 Å². The van der Waals surface area contributed by atoms with Crippen LogP contribution in [0.3, 0.4) is 0 Å². The summed E-state index contributed by atoms with van der Waals surface area (Å²) in [5.74, 6) is 2.77. The molecule has 0 saturated heterocycles. The molecule has 0 aliphatic carbocycles. The highest BCUT2D eigenvalue weighted by atomic mass is 15.1. The van der Waals surface area contributed by atoms with Crippen LogP contribution in [0, 0.1) is 0 Å². The number of imidazole rings is 1. The molecular weight excluding hydrogens is 689 g/mol. The maximum atomic E-state index is 5.07. The third-order valence-electron chi connectivity index (χ3n) is 10.8. The lowest BCUT2D eigenvalue weighted by atomic mass is 9.96. The number of benzene rings is 8. The molecule has 8 heteroatoms. The van der Waals surface area contributed by atoms with E-state index in [-0.39, 0.29) is 0 Å². The van der Waals surface area contributed by atoms with Crippen molar-refractivity contribution in [2.45, 2.75) is 0 Å². The Kier molecular flexibility index (Phi) is 7.21. The fourth-order valence-electron chi connectivity index (χ4n) is 7.91. The first kappa shape index (κ1) is 31.8. The van der Waals surface area contributed by atoms with E-state index in [1.165, 1.54) is 45.3 Å². The summed E-state index contributed by atoms with van der Waals surface area (Å²) in [7, 11) is 2.06. The molecule has 0 amide bonds. The molecule has 56 heavy (non-hydrogen) atoms. The first-order valence-electron chi connectivity index (χ1n) is 18.4. The maximum Gasteiger partial charge on any atom is 0.163 e. The molecular formula is C48H30N8. The average Bonchev–Trinajstić information content (AvgIpc) is 3.61. The van der Waals surface area contributed by atoms with Gasteiger partial charge in [0.25, 0.3) is 0 Å². The Bertz CT molecular complexity index is 3320. The molecule has 0 aliphatic rings. The van der Waals surface area contributed by atoms with Gasteiger partial charge in [-0.25, -0.2) is 34.9 Å². The standard InChI is InChI=1S/C48H30N8/c1-56-44-25-37(16-20-43(44)54-48(56)38-15-19-40-34(23-38)11-10-32-21-31(13-17-39(32)40)29-5-3-2-4-6-29)47-53-28-52-46(55-47)36-12-8-30-7-9-33-22-35(45-50-26-49-27-51-45)14-18-41(33)42(30)24-36/h2-28H,1H3. The second kappa shape index (κ2) is 12.7. The molecule has 0 saturated carbocycles. The van der Waals surface area contributed by atoms with Gasteiger partial charge in [-0.15, -0.1) is 0 Å². The highest BCUT2D eigenvalue weighted by Gasteiger charge is 2.15. The average molecular weight is 719 g/mol. The molecule has 262 valence electrons. The smallest absolute Gasteiger partial charge is 0.163 e. The molecule has 0 bridgehead atoms. The van der Waals surface area contributed by atoms with Crippen LogP contribution in [0.15, 0.2) is 165 Å². The van der Waals surface area contributed by atoms with Crippen LogP contribution in [-0.4, -0.2) is 39.5 Å². The normalized spacial score (nSPS) is 11.7. The van der Waals surface area contributed by atoms with E-state index in [0.717, 1.165) is 60.7 Å². The molecule has 0 fully saturated rings. The number of rotatable bonds is 5. The summed E-state index contributed by atoms with van der Waals surface area (Å²) < 4.78 is 2.15. The Hall–Kier alpha value is -7.71. The zero-order chi connectivity index (χ0) is 37.2. The first-order valence-corrected chi connectivity index (χ1v) is 18.4. The highest BCUT2D eigenvalue weighted by molar-refractivity contribution is 6.10. The summed E-state index contributed by atoms with van der Waals surface area (Å²) >= 11 is 0.